The van der Waals surface area contributed by atoms with Gasteiger partial charge in [0.15, 0.2) is 11.5 Å². The van der Waals surface area contributed by atoms with Gasteiger partial charge in [-0.1, -0.05) is 24.3 Å². The fourth-order valence-corrected chi connectivity index (χ4v) is 3.66. The number of para-hydroxylation sites is 1. The van der Waals surface area contributed by atoms with E-state index in [1.54, 1.807) is 49.6 Å². The van der Waals surface area contributed by atoms with Gasteiger partial charge in [-0.15, -0.1) is 0 Å². The maximum absolute atomic E-state index is 13.4. The van der Waals surface area contributed by atoms with Gasteiger partial charge in [-0.05, 0) is 29.8 Å². The van der Waals surface area contributed by atoms with Gasteiger partial charge in [-0.25, -0.2) is 4.90 Å². The third-order valence-corrected chi connectivity index (χ3v) is 5.07. The molecular weight excluding hydrogens is 372 g/mol. The number of ether oxygens (including phenoxy) is 3. The van der Waals surface area contributed by atoms with Crippen molar-refractivity contribution in [3.05, 3.63) is 59.8 Å². The lowest BCUT2D eigenvalue weighted by Crippen LogP contribution is -2.40. The zero-order valence-electron chi connectivity index (χ0n) is 16.4. The van der Waals surface area contributed by atoms with Gasteiger partial charge in [0.05, 0.1) is 38.7 Å². The van der Waals surface area contributed by atoms with Crippen LogP contribution in [-0.2, 0) is 14.3 Å². The number of anilines is 1. The van der Waals surface area contributed by atoms with Crippen molar-refractivity contribution in [2.75, 3.05) is 45.4 Å². The van der Waals surface area contributed by atoms with Crippen LogP contribution in [0.25, 0.3) is 5.57 Å². The highest BCUT2D eigenvalue weighted by molar-refractivity contribution is 6.45. The lowest BCUT2D eigenvalue weighted by atomic mass is 10.0. The first kappa shape index (κ1) is 19.0. The molecule has 0 aromatic heterocycles. The number of amides is 2. The van der Waals surface area contributed by atoms with Crippen molar-refractivity contribution in [1.29, 1.82) is 0 Å². The second-order valence-corrected chi connectivity index (χ2v) is 6.67. The normalized spacial score (nSPS) is 17.2. The van der Waals surface area contributed by atoms with Crippen LogP contribution in [0.4, 0.5) is 5.69 Å². The summed E-state index contributed by atoms with van der Waals surface area (Å²) in [7, 11) is 3.09. The summed E-state index contributed by atoms with van der Waals surface area (Å²) in [5, 5.41) is 0. The van der Waals surface area contributed by atoms with E-state index in [2.05, 4.69) is 0 Å². The highest BCUT2D eigenvalue weighted by atomic mass is 16.5. The number of hydrogen-bond donors (Lipinski definition) is 0. The molecule has 0 bridgehead atoms. The van der Waals surface area contributed by atoms with Gasteiger partial charge in [0.2, 0.25) is 0 Å². The minimum atomic E-state index is -0.352. The van der Waals surface area contributed by atoms with E-state index in [1.165, 1.54) is 12.0 Å². The van der Waals surface area contributed by atoms with Gasteiger partial charge in [0.25, 0.3) is 11.8 Å². The average molecular weight is 394 g/mol. The number of rotatable bonds is 5. The maximum Gasteiger partial charge on any atom is 0.282 e. The van der Waals surface area contributed by atoms with Crippen LogP contribution in [0.2, 0.25) is 0 Å². The fourth-order valence-electron chi connectivity index (χ4n) is 3.66. The molecule has 0 saturated carbocycles. The molecule has 7 nitrogen and oxygen atoms in total. The minimum Gasteiger partial charge on any atom is -0.493 e. The number of hydrogen-bond acceptors (Lipinski definition) is 6. The first-order valence-electron chi connectivity index (χ1n) is 9.39. The molecule has 0 aliphatic carbocycles. The predicted octanol–water partition coefficient (Wildman–Crippen LogP) is 2.32. The molecule has 4 rings (SSSR count). The molecule has 150 valence electrons. The van der Waals surface area contributed by atoms with Gasteiger partial charge in [0.1, 0.15) is 5.70 Å². The van der Waals surface area contributed by atoms with E-state index in [0.717, 1.165) is 0 Å². The van der Waals surface area contributed by atoms with Crippen molar-refractivity contribution in [1.82, 2.24) is 4.90 Å². The Morgan fingerprint density at radius 1 is 0.862 bits per heavy atom. The maximum atomic E-state index is 13.4. The van der Waals surface area contributed by atoms with E-state index in [9.17, 15) is 9.59 Å². The monoisotopic (exact) mass is 394 g/mol. The van der Waals surface area contributed by atoms with Crippen LogP contribution in [0, 0.1) is 0 Å². The Balaban J connectivity index is 1.85. The van der Waals surface area contributed by atoms with Crippen LogP contribution in [-0.4, -0.2) is 57.2 Å². The lowest BCUT2D eigenvalue weighted by molar-refractivity contribution is -0.121. The Labute approximate surface area is 169 Å². The van der Waals surface area contributed by atoms with E-state index < -0.39 is 0 Å². The molecule has 1 fully saturated rings. The quantitative estimate of drug-likeness (QED) is 0.725. The van der Waals surface area contributed by atoms with Crippen LogP contribution in [0.1, 0.15) is 5.56 Å². The summed E-state index contributed by atoms with van der Waals surface area (Å²) in [6.07, 6.45) is 0. The van der Waals surface area contributed by atoms with Gasteiger partial charge >= 0.3 is 0 Å². The van der Waals surface area contributed by atoms with Crippen LogP contribution < -0.4 is 14.4 Å². The minimum absolute atomic E-state index is 0.326. The van der Waals surface area contributed by atoms with Crippen molar-refractivity contribution in [2.24, 2.45) is 0 Å². The number of methoxy groups -OCH3 is 2. The summed E-state index contributed by atoms with van der Waals surface area (Å²) in [6, 6.07) is 14.2. The third kappa shape index (κ3) is 3.34. The molecule has 2 aromatic carbocycles. The van der Waals surface area contributed by atoms with Crippen LogP contribution >= 0.6 is 0 Å². The lowest BCUT2D eigenvalue weighted by Gasteiger charge is -2.29. The number of nitrogens with zero attached hydrogens (tertiary/aromatic N) is 2. The van der Waals surface area contributed by atoms with Gasteiger partial charge in [-0.3, -0.25) is 9.59 Å². The number of imide groups is 1. The molecule has 2 aliphatic heterocycles. The topological polar surface area (TPSA) is 68.3 Å². The van der Waals surface area contributed by atoms with E-state index in [0.29, 0.717) is 60.3 Å². The molecule has 2 aliphatic rings. The van der Waals surface area contributed by atoms with Crippen LogP contribution in [0.5, 0.6) is 11.5 Å². The van der Waals surface area contributed by atoms with Crippen molar-refractivity contribution in [2.45, 2.75) is 0 Å². The summed E-state index contributed by atoms with van der Waals surface area (Å²) < 4.78 is 16.1. The van der Waals surface area contributed by atoms with Gasteiger partial charge < -0.3 is 19.1 Å². The van der Waals surface area contributed by atoms with E-state index in [-0.39, 0.29) is 11.8 Å². The second kappa shape index (κ2) is 7.97. The van der Waals surface area contributed by atoms with Crippen LogP contribution in [0.15, 0.2) is 54.2 Å². The summed E-state index contributed by atoms with van der Waals surface area (Å²) in [4.78, 5) is 30.0. The molecule has 1 saturated heterocycles. The van der Waals surface area contributed by atoms with Gasteiger partial charge in [-0.2, -0.15) is 0 Å². The molecule has 29 heavy (non-hydrogen) atoms. The Hall–Kier alpha value is -3.32. The molecule has 0 atom stereocenters. The smallest absolute Gasteiger partial charge is 0.282 e. The van der Waals surface area contributed by atoms with E-state index in [1.807, 2.05) is 11.0 Å². The molecule has 2 aromatic rings. The molecule has 0 unspecified atom stereocenters. The van der Waals surface area contributed by atoms with Crippen molar-refractivity contribution < 1.29 is 23.8 Å². The van der Waals surface area contributed by atoms with E-state index in [4.69, 9.17) is 14.2 Å². The first-order chi connectivity index (χ1) is 14.2. The summed E-state index contributed by atoms with van der Waals surface area (Å²) in [6.45, 7) is 2.12. The molecular formula is C22H22N2O5. The summed E-state index contributed by atoms with van der Waals surface area (Å²) in [5.41, 5.74) is 1.92. The predicted molar refractivity (Wildman–Crippen MR) is 108 cm³/mol. The zero-order valence-corrected chi connectivity index (χ0v) is 16.4. The molecule has 7 heteroatoms. The SMILES string of the molecule is COc1ccc(C2=C(N3CCOCC3)C(=O)N(c3ccccc3)C2=O)cc1OC. The molecule has 2 heterocycles. The Kier molecular flexibility index (Phi) is 5.22. The summed E-state index contributed by atoms with van der Waals surface area (Å²) >= 11 is 0. The molecule has 0 spiro atoms. The fraction of sp³-hybridized carbons (Fsp3) is 0.273. The first-order valence-corrected chi connectivity index (χ1v) is 9.39. The molecule has 2 amide bonds. The second-order valence-electron chi connectivity index (χ2n) is 6.67. The summed E-state index contributed by atoms with van der Waals surface area (Å²) in [5.74, 6) is 0.376. The molecule has 0 N–H and O–H groups in total. The van der Waals surface area contributed by atoms with Crippen LogP contribution in [0.3, 0.4) is 0 Å². The van der Waals surface area contributed by atoms with E-state index >= 15 is 0 Å². The number of benzene rings is 2. The zero-order chi connectivity index (χ0) is 20.4. The number of carbonyl (C=O) groups excluding carboxylic acids is 2. The van der Waals surface area contributed by atoms with Crippen molar-refractivity contribution >= 4 is 23.1 Å². The highest BCUT2D eigenvalue weighted by Gasteiger charge is 2.42. The number of morpholine rings is 1. The van der Waals surface area contributed by atoms with Crippen molar-refractivity contribution in [3.63, 3.8) is 0 Å². The Bertz CT molecular complexity index is 964. The van der Waals surface area contributed by atoms with Crippen molar-refractivity contribution in [3.8, 4) is 11.5 Å². The standard InChI is InChI=1S/C22H22N2O5/c1-27-17-9-8-15(14-18(17)28-2)19-20(23-10-12-29-13-11-23)22(26)24(21(19)25)16-6-4-3-5-7-16/h3-9,14H,10-13H2,1-2H3. The number of carbonyl (C=O) groups is 2. The third-order valence-electron chi connectivity index (χ3n) is 5.07. The Morgan fingerprint density at radius 3 is 2.21 bits per heavy atom. The average Bonchev–Trinajstić information content (AvgIpc) is 3.04. The largest absolute Gasteiger partial charge is 0.493 e. The van der Waals surface area contributed by atoms with Gasteiger partial charge in [0, 0.05) is 13.1 Å². The molecule has 0 radical (unpaired) electrons. The highest BCUT2D eigenvalue weighted by Crippen LogP contribution is 2.38. The Morgan fingerprint density at radius 2 is 1.55 bits per heavy atom.